The third-order valence-electron chi connectivity index (χ3n) is 3.64. The standard InChI is InChI=1S/C15H20ClN3O/c1-4-12-6-5-8-15(3,16)14(12)19(11(2)20)10-13-7-9-17-18-13/h5-9,14H,4,10H2,1-3H3,(H,17,18). The van der Waals surface area contributed by atoms with Gasteiger partial charge in [0.05, 0.1) is 23.2 Å². The fourth-order valence-electron chi connectivity index (χ4n) is 2.66. The van der Waals surface area contributed by atoms with Crippen molar-refractivity contribution in [2.45, 2.75) is 44.7 Å². The number of amides is 1. The molecule has 0 saturated carbocycles. The largest absolute Gasteiger partial charge is 0.328 e. The van der Waals surface area contributed by atoms with Gasteiger partial charge in [0.15, 0.2) is 0 Å². The number of carbonyl (C=O) groups excluding carboxylic acids is 1. The molecule has 0 aromatic carbocycles. The molecule has 0 bridgehead atoms. The molecule has 0 fully saturated rings. The zero-order valence-electron chi connectivity index (χ0n) is 12.1. The lowest BCUT2D eigenvalue weighted by Gasteiger charge is -2.41. The highest BCUT2D eigenvalue weighted by Gasteiger charge is 2.39. The third kappa shape index (κ3) is 2.96. The number of hydrogen-bond acceptors (Lipinski definition) is 2. The second-order valence-electron chi connectivity index (χ2n) is 5.24. The zero-order valence-corrected chi connectivity index (χ0v) is 12.8. The van der Waals surface area contributed by atoms with E-state index in [1.54, 1.807) is 18.0 Å². The summed E-state index contributed by atoms with van der Waals surface area (Å²) in [5, 5.41) is 6.83. The first kappa shape index (κ1) is 14.9. The van der Waals surface area contributed by atoms with E-state index in [4.69, 9.17) is 11.6 Å². The average Bonchev–Trinajstić information content (AvgIpc) is 2.88. The fourth-order valence-corrected chi connectivity index (χ4v) is 2.99. The van der Waals surface area contributed by atoms with E-state index < -0.39 is 4.87 Å². The van der Waals surface area contributed by atoms with Crippen LogP contribution in [0.3, 0.4) is 0 Å². The Bertz CT molecular complexity index is 531. The molecule has 2 unspecified atom stereocenters. The summed E-state index contributed by atoms with van der Waals surface area (Å²) in [5.74, 6) is 0.00567. The third-order valence-corrected chi connectivity index (χ3v) is 3.97. The van der Waals surface area contributed by atoms with E-state index in [1.807, 2.05) is 25.1 Å². The number of allylic oxidation sites excluding steroid dienone is 2. The number of alkyl halides is 1. The fraction of sp³-hybridized carbons (Fsp3) is 0.467. The molecule has 20 heavy (non-hydrogen) atoms. The van der Waals surface area contributed by atoms with E-state index in [0.717, 1.165) is 12.1 Å². The van der Waals surface area contributed by atoms with Crippen LogP contribution in [0.1, 0.15) is 32.9 Å². The first-order valence-corrected chi connectivity index (χ1v) is 7.16. The predicted octanol–water partition coefficient (Wildman–Crippen LogP) is 3.03. The molecule has 0 saturated heterocycles. The van der Waals surface area contributed by atoms with E-state index in [1.165, 1.54) is 5.57 Å². The minimum Gasteiger partial charge on any atom is -0.328 e. The van der Waals surface area contributed by atoms with Crippen molar-refractivity contribution in [2.24, 2.45) is 0 Å². The lowest BCUT2D eigenvalue weighted by Crippen LogP contribution is -2.50. The van der Waals surface area contributed by atoms with Crippen LogP contribution in [0.4, 0.5) is 0 Å². The monoisotopic (exact) mass is 293 g/mol. The Morgan fingerprint density at radius 2 is 2.35 bits per heavy atom. The van der Waals surface area contributed by atoms with Gasteiger partial charge in [-0.3, -0.25) is 9.89 Å². The van der Waals surface area contributed by atoms with Crippen molar-refractivity contribution in [3.63, 3.8) is 0 Å². The highest BCUT2D eigenvalue weighted by molar-refractivity contribution is 6.26. The van der Waals surface area contributed by atoms with Crippen molar-refractivity contribution in [3.8, 4) is 0 Å². The summed E-state index contributed by atoms with van der Waals surface area (Å²) >= 11 is 6.64. The highest BCUT2D eigenvalue weighted by Crippen LogP contribution is 2.35. The molecule has 1 heterocycles. The van der Waals surface area contributed by atoms with Gasteiger partial charge in [-0.1, -0.05) is 25.2 Å². The Morgan fingerprint density at radius 1 is 1.60 bits per heavy atom. The van der Waals surface area contributed by atoms with Crippen LogP contribution in [0, 0.1) is 0 Å². The van der Waals surface area contributed by atoms with E-state index in [0.29, 0.717) is 6.54 Å². The summed E-state index contributed by atoms with van der Waals surface area (Å²) in [4.78, 5) is 13.3. The Kier molecular flexibility index (Phi) is 4.33. The molecular formula is C15H20ClN3O. The van der Waals surface area contributed by atoms with Crippen LogP contribution in [0.5, 0.6) is 0 Å². The van der Waals surface area contributed by atoms with E-state index >= 15 is 0 Å². The van der Waals surface area contributed by atoms with Crippen LogP contribution in [0.2, 0.25) is 0 Å². The molecule has 2 rings (SSSR count). The molecule has 1 aliphatic rings. The molecule has 1 N–H and O–H groups in total. The molecule has 4 nitrogen and oxygen atoms in total. The number of nitrogens with one attached hydrogen (secondary N) is 1. The minimum atomic E-state index is -0.591. The van der Waals surface area contributed by atoms with E-state index in [9.17, 15) is 4.79 Å². The van der Waals surface area contributed by atoms with Crippen molar-refractivity contribution >= 4 is 17.5 Å². The summed E-state index contributed by atoms with van der Waals surface area (Å²) in [6, 6.07) is 1.73. The Labute approximate surface area is 124 Å². The first-order chi connectivity index (χ1) is 9.45. The van der Waals surface area contributed by atoms with Gasteiger partial charge in [-0.15, -0.1) is 11.6 Å². The van der Waals surface area contributed by atoms with Crippen LogP contribution < -0.4 is 0 Å². The Hall–Kier alpha value is -1.55. The smallest absolute Gasteiger partial charge is 0.220 e. The van der Waals surface area contributed by atoms with Gasteiger partial charge in [-0.25, -0.2) is 0 Å². The quantitative estimate of drug-likeness (QED) is 0.868. The molecule has 108 valence electrons. The molecule has 2 atom stereocenters. The van der Waals surface area contributed by atoms with Crippen molar-refractivity contribution in [3.05, 3.63) is 41.8 Å². The number of halogens is 1. The molecule has 0 spiro atoms. The van der Waals surface area contributed by atoms with E-state index in [-0.39, 0.29) is 11.9 Å². The number of carbonyl (C=O) groups is 1. The molecule has 0 aliphatic heterocycles. The van der Waals surface area contributed by atoms with Crippen LogP contribution in [-0.4, -0.2) is 31.9 Å². The summed E-state index contributed by atoms with van der Waals surface area (Å²) in [6.45, 7) is 6.09. The van der Waals surface area contributed by atoms with Gasteiger partial charge >= 0.3 is 0 Å². The number of rotatable bonds is 4. The van der Waals surface area contributed by atoms with Gasteiger partial charge in [-0.05, 0) is 25.0 Å². The molecular weight excluding hydrogens is 274 g/mol. The van der Waals surface area contributed by atoms with Gasteiger partial charge in [0.2, 0.25) is 5.91 Å². The normalized spacial score (nSPS) is 25.4. The van der Waals surface area contributed by atoms with Crippen molar-refractivity contribution in [1.29, 1.82) is 0 Å². The number of aromatic nitrogens is 2. The van der Waals surface area contributed by atoms with Crippen LogP contribution in [0.25, 0.3) is 0 Å². The predicted molar refractivity (Wildman–Crippen MR) is 80.4 cm³/mol. The van der Waals surface area contributed by atoms with Gasteiger partial charge < -0.3 is 4.90 Å². The van der Waals surface area contributed by atoms with Crippen molar-refractivity contribution < 1.29 is 4.79 Å². The molecule has 1 amide bonds. The minimum absolute atomic E-state index is 0.00567. The van der Waals surface area contributed by atoms with Crippen LogP contribution in [0.15, 0.2) is 36.1 Å². The first-order valence-electron chi connectivity index (χ1n) is 6.78. The zero-order chi connectivity index (χ0) is 14.8. The summed E-state index contributed by atoms with van der Waals surface area (Å²) in [6.07, 6.45) is 8.52. The molecule has 1 aromatic rings. The lowest BCUT2D eigenvalue weighted by atomic mass is 9.86. The van der Waals surface area contributed by atoms with Gasteiger partial charge in [-0.2, -0.15) is 5.10 Å². The topological polar surface area (TPSA) is 49.0 Å². The second kappa shape index (κ2) is 5.83. The summed E-state index contributed by atoms with van der Waals surface area (Å²) in [5.41, 5.74) is 2.07. The van der Waals surface area contributed by atoms with Crippen molar-refractivity contribution in [1.82, 2.24) is 15.1 Å². The van der Waals surface area contributed by atoms with Gasteiger partial charge in [0.1, 0.15) is 0 Å². The summed E-state index contributed by atoms with van der Waals surface area (Å²) < 4.78 is 0. The maximum absolute atomic E-state index is 12.1. The van der Waals surface area contributed by atoms with E-state index in [2.05, 4.69) is 23.2 Å². The highest BCUT2D eigenvalue weighted by atomic mass is 35.5. The number of hydrogen-bond donors (Lipinski definition) is 1. The number of nitrogens with zero attached hydrogens (tertiary/aromatic N) is 2. The Morgan fingerprint density at radius 3 is 2.90 bits per heavy atom. The second-order valence-corrected chi connectivity index (χ2v) is 6.05. The SMILES string of the molecule is CCC1=CC=CC(C)(Cl)C1N(Cc1ccn[nH]1)C(C)=O. The van der Waals surface area contributed by atoms with Gasteiger partial charge in [0, 0.05) is 13.1 Å². The van der Waals surface area contributed by atoms with Crippen LogP contribution in [-0.2, 0) is 11.3 Å². The molecule has 1 aliphatic carbocycles. The maximum Gasteiger partial charge on any atom is 0.220 e. The average molecular weight is 294 g/mol. The maximum atomic E-state index is 12.1. The number of aromatic amines is 1. The lowest BCUT2D eigenvalue weighted by molar-refractivity contribution is -0.131. The molecule has 0 radical (unpaired) electrons. The summed E-state index contributed by atoms with van der Waals surface area (Å²) in [7, 11) is 0. The van der Waals surface area contributed by atoms with Crippen molar-refractivity contribution in [2.75, 3.05) is 0 Å². The van der Waals surface area contributed by atoms with Crippen LogP contribution >= 0.6 is 11.6 Å². The van der Waals surface area contributed by atoms with Gasteiger partial charge in [0.25, 0.3) is 0 Å². The number of H-pyrrole nitrogens is 1. The molecule has 5 heteroatoms. The molecule has 1 aromatic heterocycles. The Balaban J connectivity index is 2.34.